The number of carbonyl (C=O) groups excluding carboxylic acids is 1. The monoisotopic (exact) mass is 382 g/mol. The van der Waals surface area contributed by atoms with Crippen molar-refractivity contribution in [3.63, 3.8) is 0 Å². The van der Waals surface area contributed by atoms with Crippen LogP contribution < -0.4 is 13.8 Å². The van der Waals surface area contributed by atoms with Crippen molar-refractivity contribution in [2.24, 2.45) is 0 Å². The maximum Gasteiger partial charge on any atom is 0.269 e. The van der Waals surface area contributed by atoms with Crippen molar-refractivity contribution < 1.29 is 27.4 Å². The largest absolute Gasteiger partial charge is 0.493 e. The maximum absolute atomic E-state index is 13.0. The third-order valence-electron chi connectivity index (χ3n) is 4.70. The number of sulfonamides is 1. The first kappa shape index (κ1) is 18.5. The molecule has 1 saturated heterocycles. The Labute approximate surface area is 153 Å². The molecular weight excluding hydrogens is 360 g/mol. The minimum Gasteiger partial charge on any atom is -0.493 e. The van der Waals surface area contributed by atoms with Crippen LogP contribution in [0.25, 0.3) is 5.57 Å². The van der Waals surface area contributed by atoms with Crippen LogP contribution in [0, 0.1) is 0 Å². The van der Waals surface area contributed by atoms with Crippen molar-refractivity contribution in [2.45, 2.75) is 6.92 Å². The summed E-state index contributed by atoms with van der Waals surface area (Å²) >= 11 is 0. The minimum absolute atomic E-state index is 0.207. The summed E-state index contributed by atoms with van der Waals surface area (Å²) in [6.45, 7) is 3.18. The first-order valence-electron chi connectivity index (χ1n) is 8.16. The number of nitrogens with zero attached hydrogens (tertiary/aromatic N) is 2. The number of benzene rings is 1. The van der Waals surface area contributed by atoms with Crippen LogP contribution in [-0.4, -0.2) is 66.8 Å². The number of rotatable bonds is 3. The molecule has 2 aliphatic heterocycles. The molecule has 3 rings (SSSR count). The molecule has 0 aliphatic carbocycles. The van der Waals surface area contributed by atoms with Gasteiger partial charge in [-0.15, -0.1) is 0 Å². The van der Waals surface area contributed by atoms with Gasteiger partial charge in [0, 0.05) is 31.8 Å². The van der Waals surface area contributed by atoms with Gasteiger partial charge in [0.05, 0.1) is 33.1 Å². The molecule has 0 atom stereocenters. The third kappa shape index (κ3) is 2.80. The van der Waals surface area contributed by atoms with Crippen molar-refractivity contribution in [3.8, 4) is 11.5 Å². The quantitative estimate of drug-likeness (QED) is 0.778. The minimum atomic E-state index is -3.97. The van der Waals surface area contributed by atoms with E-state index in [1.807, 2.05) is 0 Å². The zero-order chi connectivity index (χ0) is 19.1. The van der Waals surface area contributed by atoms with E-state index in [1.54, 1.807) is 19.1 Å². The highest BCUT2D eigenvalue weighted by molar-refractivity contribution is 7.97. The van der Waals surface area contributed by atoms with E-state index in [0.717, 1.165) is 4.31 Å². The number of hydrogen-bond donors (Lipinski definition) is 0. The predicted molar refractivity (Wildman–Crippen MR) is 96.9 cm³/mol. The van der Waals surface area contributed by atoms with Crippen LogP contribution >= 0.6 is 0 Å². The number of fused-ring (bicyclic) bond motifs is 1. The average Bonchev–Trinajstić information content (AvgIpc) is 2.65. The molecule has 1 fully saturated rings. The zero-order valence-corrected chi connectivity index (χ0v) is 16.1. The normalized spacial score (nSPS) is 19.2. The molecule has 1 amide bonds. The molecule has 0 bridgehead atoms. The van der Waals surface area contributed by atoms with Crippen LogP contribution in [0.5, 0.6) is 11.5 Å². The molecule has 9 heteroatoms. The van der Waals surface area contributed by atoms with Crippen molar-refractivity contribution in [1.29, 1.82) is 0 Å². The lowest BCUT2D eigenvalue weighted by atomic mass is 10.0. The van der Waals surface area contributed by atoms with Crippen LogP contribution in [0.15, 0.2) is 17.0 Å². The van der Waals surface area contributed by atoms with Crippen LogP contribution in [0.1, 0.15) is 12.5 Å². The summed E-state index contributed by atoms with van der Waals surface area (Å²) in [6, 6.07) is 3.30. The summed E-state index contributed by atoms with van der Waals surface area (Å²) < 4.78 is 43.0. The van der Waals surface area contributed by atoms with Gasteiger partial charge in [-0.05, 0) is 18.6 Å². The Kier molecular flexibility index (Phi) is 4.85. The van der Waals surface area contributed by atoms with E-state index < -0.39 is 15.9 Å². The molecule has 8 nitrogen and oxygen atoms in total. The van der Waals surface area contributed by atoms with E-state index in [-0.39, 0.29) is 4.91 Å². The highest BCUT2D eigenvalue weighted by Crippen LogP contribution is 2.44. The van der Waals surface area contributed by atoms with Crippen molar-refractivity contribution >= 4 is 27.2 Å². The van der Waals surface area contributed by atoms with E-state index in [2.05, 4.69) is 0 Å². The van der Waals surface area contributed by atoms with Gasteiger partial charge < -0.3 is 19.1 Å². The predicted octanol–water partition coefficient (Wildman–Crippen LogP) is 1.07. The highest BCUT2D eigenvalue weighted by Gasteiger charge is 2.40. The molecule has 0 aromatic heterocycles. The zero-order valence-electron chi connectivity index (χ0n) is 15.2. The van der Waals surface area contributed by atoms with Crippen LogP contribution in [0.2, 0.25) is 0 Å². The SMILES string of the molecule is COc1cc2c(cc1OC)N(C)S(=O)(=O)C(C(=O)N1CCOCC1)=C2C. The number of hydrogen-bond acceptors (Lipinski definition) is 6. The Morgan fingerprint density at radius 2 is 1.69 bits per heavy atom. The lowest BCUT2D eigenvalue weighted by molar-refractivity contribution is -0.130. The van der Waals surface area contributed by atoms with Gasteiger partial charge >= 0.3 is 0 Å². The Morgan fingerprint density at radius 3 is 2.27 bits per heavy atom. The second-order valence-corrected chi connectivity index (χ2v) is 7.96. The average molecular weight is 382 g/mol. The molecule has 2 aliphatic rings. The molecule has 0 N–H and O–H groups in total. The second-order valence-electron chi connectivity index (χ2n) is 6.06. The summed E-state index contributed by atoms with van der Waals surface area (Å²) in [5.74, 6) is 0.388. The number of morpholine rings is 1. The molecule has 142 valence electrons. The number of amides is 1. The summed E-state index contributed by atoms with van der Waals surface area (Å²) in [7, 11) is 0.446. The molecule has 0 saturated carbocycles. The summed E-state index contributed by atoms with van der Waals surface area (Å²) in [4.78, 5) is 14.3. The van der Waals surface area contributed by atoms with E-state index in [0.29, 0.717) is 54.6 Å². The molecule has 0 spiro atoms. The molecule has 2 heterocycles. The summed E-state index contributed by atoms with van der Waals surface area (Å²) in [5.41, 5.74) is 1.46. The number of ether oxygens (including phenoxy) is 3. The summed E-state index contributed by atoms with van der Waals surface area (Å²) in [6.07, 6.45) is 0. The fourth-order valence-corrected chi connectivity index (χ4v) is 4.72. The molecule has 0 unspecified atom stereocenters. The van der Waals surface area contributed by atoms with E-state index >= 15 is 0 Å². The number of allylic oxidation sites excluding steroid dienone is 1. The highest BCUT2D eigenvalue weighted by atomic mass is 32.2. The van der Waals surface area contributed by atoms with Gasteiger partial charge in [0.2, 0.25) is 0 Å². The van der Waals surface area contributed by atoms with E-state index in [9.17, 15) is 13.2 Å². The molecule has 1 aromatic rings. The smallest absolute Gasteiger partial charge is 0.269 e. The Bertz CT molecular complexity index is 871. The Balaban J connectivity index is 2.19. The molecule has 1 aromatic carbocycles. The maximum atomic E-state index is 13.0. The number of methoxy groups -OCH3 is 2. The van der Waals surface area contributed by atoms with Crippen LogP contribution in [0.4, 0.5) is 5.69 Å². The van der Waals surface area contributed by atoms with Crippen LogP contribution in [-0.2, 0) is 19.6 Å². The third-order valence-corrected chi connectivity index (χ3v) is 6.61. The lowest BCUT2D eigenvalue weighted by Gasteiger charge is -2.33. The van der Waals surface area contributed by atoms with Gasteiger partial charge in [0.1, 0.15) is 0 Å². The first-order chi connectivity index (χ1) is 12.3. The first-order valence-corrected chi connectivity index (χ1v) is 9.60. The fraction of sp³-hybridized carbons (Fsp3) is 0.471. The van der Waals surface area contributed by atoms with Gasteiger partial charge in [-0.25, -0.2) is 8.42 Å². The standard InChI is InChI=1S/C17H22N2O6S/c1-11-12-9-14(23-3)15(24-4)10-13(12)18(2)26(21,22)16(11)17(20)19-5-7-25-8-6-19/h9-10H,5-8H2,1-4H3. The van der Waals surface area contributed by atoms with Crippen molar-refractivity contribution in [3.05, 3.63) is 22.6 Å². The van der Waals surface area contributed by atoms with Crippen LogP contribution in [0.3, 0.4) is 0 Å². The summed E-state index contributed by atoms with van der Waals surface area (Å²) in [5, 5.41) is 0. The second kappa shape index (κ2) is 6.81. The van der Waals surface area contributed by atoms with E-state index in [4.69, 9.17) is 14.2 Å². The Hall–Kier alpha value is -2.26. The number of carbonyl (C=O) groups is 1. The van der Waals surface area contributed by atoms with Gasteiger partial charge in [0.25, 0.3) is 15.9 Å². The molecule has 0 radical (unpaired) electrons. The van der Waals surface area contributed by atoms with Crippen molar-refractivity contribution in [2.75, 3.05) is 51.9 Å². The van der Waals surface area contributed by atoms with Gasteiger partial charge in [0.15, 0.2) is 16.4 Å². The fourth-order valence-electron chi connectivity index (χ4n) is 3.19. The Morgan fingerprint density at radius 1 is 1.12 bits per heavy atom. The molecular formula is C17H22N2O6S. The van der Waals surface area contributed by atoms with Gasteiger partial charge in [-0.2, -0.15) is 0 Å². The molecule has 26 heavy (non-hydrogen) atoms. The van der Waals surface area contributed by atoms with Gasteiger partial charge in [-0.3, -0.25) is 9.10 Å². The lowest BCUT2D eigenvalue weighted by Crippen LogP contribution is -2.45. The number of anilines is 1. The van der Waals surface area contributed by atoms with Crippen molar-refractivity contribution in [1.82, 2.24) is 4.90 Å². The van der Waals surface area contributed by atoms with Gasteiger partial charge in [-0.1, -0.05) is 0 Å². The topological polar surface area (TPSA) is 85.4 Å². The van der Waals surface area contributed by atoms with E-state index in [1.165, 1.54) is 26.2 Å².